The standard InChI is InChI=1S/C20H16N4OS/c1-12-3-7-14(8-4-12)11-16-17(21)24-20(22-18(16)25)26-19(23-24)15-9-5-13(2)6-10-15/h3-11,21H,1-2H3/b16-11+,21-17?. The molecule has 1 amide bonds. The molecule has 0 atom stereocenters. The molecular weight excluding hydrogens is 344 g/mol. The van der Waals surface area contributed by atoms with Crippen molar-refractivity contribution in [1.29, 1.82) is 5.41 Å². The number of aliphatic imine (C=N–C) groups is 1. The number of amidine groups is 2. The fourth-order valence-electron chi connectivity index (χ4n) is 2.63. The SMILES string of the molecule is Cc1ccc(/C=C2\C(=N)N3N=C(c4ccc(C)cc4)SC3=NC2=O)cc1. The second-order valence-corrected chi connectivity index (χ2v) is 7.16. The molecule has 26 heavy (non-hydrogen) atoms. The lowest BCUT2D eigenvalue weighted by atomic mass is 10.1. The third kappa shape index (κ3) is 2.99. The lowest BCUT2D eigenvalue weighted by Gasteiger charge is -2.20. The number of nitrogens with zero attached hydrogens (tertiary/aromatic N) is 3. The van der Waals surface area contributed by atoms with E-state index >= 15 is 0 Å². The molecule has 2 aromatic carbocycles. The van der Waals surface area contributed by atoms with Crippen LogP contribution in [-0.2, 0) is 4.79 Å². The number of carbonyl (C=O) groups excluding carboxylic acids is 1. The Kier molecular flexibility index (Phi) is 4.05. The van der Waals surface area contributed by atoms with Crippen molar-refractivity contribution in [3.63, 3.8) is 0 Å². The Balaban J connectivity index is 1.68. The van der Waals surface area contributed by atoms with E-state index in [9.17, 15) is 4.79 Å². The molecule has 2 aromatic rings. The van der Waals surface area contributed by atoms with Crippen LogP contribution in [0.5, 0.6) is 0 Å². The smallest absolute Gasteiger partial charge is 0.282 e. The average molecular weight is 360 g/mol. The summed E-state index contributed by atoms with van der Waals surface area (Å²) in [5, 5.41) is 15.5. The molecule has 0 aliphatic carbocycles. The van der Waals surface area contributed by atoms with Gasteiger partial charge in [0.05, 0.1) is 5.57 Å². The highest BCUT2D eigenvalue weighted by Crippen LogP contribution is 2.30. The normalized spacial score (nSPS) is 18.1. The highest BCUT2D eigenvalue weighted by Gasteiger charge is 2.35. The number of amides is 1. The number of hydrogen-bond donors (Lipinski definition) is 1. The van der Waals surface area contributed by atoms with Gasteiger partial charge in [0.2, 0.25) is 5.17 Å². The van der Waals surface area contributed by atoms with Crippen LogP contribution >= 0.6 is 11.8 Å². The number of benzene rings is 2. The molecule has 1 N–H and O–H groups in total. The van der Waals surface area contributed by atoms with Gasteiger partial charge in [-0.1, -0.05) is 59.7 Å². The van der Waals surface area contributed by atoms with E-state index in [2.05, 4.69) is 10.1 Å². The Bertz CT molecular complexity index is 1000. The number of carbonyl (C=O) groups is 1. The van der Waals surface area contributed by atoms with Crippen molar-refractivity contribution in [1.82, 2.24) is 5.01 Å². The average Bonchev–Trinajstić information content (AvgIpc) is 3.05. The second-order valence-electron chi connectivity index (χ2n) is 6.20. The zero-order valence-electron chi connectivity index (χ0n) is 14.4. The molecule has 0 bridgehead atoms. The number of hydrogen-bond acceptors (Lipinski definition) is 4. The second kappa shape index (κ2) is 6.38. The van der Waals surface area contributed by atoms with Gasteiger partial charge in [-0.25, -0.2) is 0 Å². The molecule has 0 spiro atoms. The van der Waals surface area contributed by atoms with Crippen LogP contribution < -0.4 is 0 Å². The number of hydrazone groups is 1. The Morgan fingerprint density at radius 3 is 2.27 bits per heavy atom. The maximum atomic E-state index is 12.4. The Hall–Kier alpha value is -2.99. The minimum atomic E-state index is -0.408. The van der Waals surface area contributed by atoms with Crippen LogP contribution in [0.3, 0.4) is 0 Å². The molecule has 0 radical (unpaired) electrons. The highest BCUT2D eigenvalue weighted by molar-refractivity contribution is 8.27. The lowest BCUT2D eigenvalue weighted by Crippen LogP contribution is -2.35. The summed E-state index contributed by atoms with van der Waals surface area (Å²) in [5.41, 5.74) is 4.35. The van der Waals surface area contributed by atoms with Gasteiger partial charge in [0.15, 0.2) is 5.84 Å². The third-order valence-corrected chi connectivity index (χ3v) is 5.10. The first kappa shape index (κ1) is 16.5. The van der Waals surface area contributed by atoms with Gasteiger partial charge < -0.3 is 0 Å². The molecule has 0 saturated heterocycles. The Morgan fingerprint density at radius 2 is 1.62 bits per heavy atom. The van der Waals surface area contributed by atoms with Crippen LogP contribution in [0.15, 0.2) is 64.2 Å². The van der Waals surface area contributed by atoms with Gasteiger partial charge in [-0.2, -0.15) is 15.1 Å². The van der Waals surface area contributed by atoms with Crippen molar-refractivity contribution in [2.75, 3.05) is 0 Å². The van der Waals surface area contributed by atoms with Gasteiger partial charge in [0.25, 0.3) is 5.91 Å². The van der Waals surface area contributed by atoms with Gasteiger partial charge in [-0.05, 0) is 37.2 Å². The minimum absolute atomic E-state index is 0.0511. The lowest BCUT2D eigenvalue weighted by molar-refractivity contribution is -0.114. The molecule has 128 valence electrons. The van der Waals surface area contributed by atoms with Crippen LogP contribution in [0.4, 0.5) is 0 Å². The number of thioether (sulfide) groups is 1. The highest BCUT2D eigenvalue weighted by atomic mass is 32.2. The monoisotopic (exact) mass is 360 g/mol. The van der Waals surface area contributed by atoms with Crippen molar-refractivity contribution >= 4 is 39.8 Å². The van der Waals surface area contributed by atoms with Gasteiger partial charge in [0.1, 0.15) is 5.04 Å². The topological polar surface area (TPSA) is 68.9 Å². The molecule has 4 rings (SSSR count). The van der Waals surface area contributed by atoms with Crippen LogP contribution in [-0.4, -0.2) is 27.0 Å². The van der Waals surface area contributed by atoms with E-state index in [4.69, 9.17) is 5.41 Å². The van der Waals surface area contributed by atoms with E-state index in [-0.39, 0.29) is 11.4 Å². The van der Waals surface area contributed by atoms with E-state index in [1.54, 1.807) is 6.08 Å². The summed E-state index contributed by atoms with van der Waals surface area (Å²) in [7, 11) is 0. The fraction of sp³-hybridized carbons (Fsp3) is 0.100. The van der Waals surface area contributed by atoms with Crippen LogP contribution in [0.2, 0.25) is 0 Å². The first-order valence-electron chi connectivity index (χ1n) is 8.15. The Labute approximate surface area is 155 Å². The van der Waals surface area contributed by atoms with Crippen molar-refractivity contribution in [3.8, 4) is 0 Å². The summed E-state index contributed by atoms with van der Waals surface area (Å²) in [5.74, 6) is -0.357. The fourth-order valence-corrected chi connectivity index (χ4v) is 3.53. The molecule has 0 fully saturated rings. The van der Waals surface area contributed by atoms with Gasteiger partial charge in [0, 0.05) is 5.56 Å². The van der Waals surface area contributed by atoms with E-state index in [0.29, 0.717) is 5.17 Å². The molecule has 0 unspecified atom stereocenters. The molecule has 2 aliphatic heterocycles. The van der Waals surface area contributed by atoms with Gasteiger partial charge >= 0.3 is 0 Å². The summed E-state index contributed by atoms with van der Waals surface area (Å²) in [6.45, 7) is 4.03. The van der Waals surface area contributed by atoms with Crippen molar-refractivity contribution in [2.24, 2.45) is 10.1 Å². The number of fused-ring (bicyclic) bond motifs is 1. The number of aryl methyl sites for hydroxylation is 2. The molecule has 2 heterocycles. The van der Waals surface area contributed by atoms with Crippen LogP contribution in [0.25, 0.3) is 6.08 Å². The molecule has 6 heteroatoms. The van der Waals surface area contributed by atoms with Crippen LogP contribution in [0, 0.1) is 19.3 Å². The number of rotatable bonds is 2. The summed E-state index contributed by atoms with van der Waals surface area (Å²) < 4.78 is 0. The largest absolute Gasteiger partial charge is 0.283 e. The van der Waals surface area contributed by atoms with Gasteiger partial charge in [-0.3, -0.25) is 10.2 Å². The Morgan fingerprint density at radius 1 is 1.00 bits per heavy atom. The van der Waals surface area contributed by atoms with Crippen molar-refractivity contribution in [3.05, 3.63) is 76.4 Å². The van der Waals surface area contributed by atoms with Crippen LogP contribution in [0.1, 0.15) is 22.3 Å². The maximum absolute atomic E-state index is 12.4. The summed E-state index contributed by atoms with van der Waals surface area (Å²) in [6, 6.07) is 15.8. The predicted octanol–water partition coefficient (Wildman–Crippen LogP) is 3.97. The molecule has 5 nitrogen and oxygen atoms in total. The summed E-state index contributed by atoms with van der Waals surface area (Å²) in [4.78, 5) is 16.5. The molecule has 0 aromatic heterocycles. The van der Waals surface area contributed by atoms with Crippen molar-refractivity contribution in [2.45, 2.75) is 13.8 Å². The summed E-state index contributed by atoms with van der Waals surface area (Å²) >= 11 is 1.31. The zero-order chi connectivity index (χ0) is 18.3. The zero-order valence-corrected chi connectivity index (χ0v) is 15.2. The van der Waals surface area contributed by atoms with Gasteiger partial charge in [-0.15, -0.1) is 0 Å². The first-order valence-corrected chi connectivity index (χ1v) is 8.97. The number of nitrogens with one attached hydrogen (secondary N) is 1. The molecular formula is C20H16N4OS. The van der Waals surface area contributed by atoms with E-state index in [0.717, 1.165) is 21.7 Å². The third-order valence-electron chi connectivity index (χ3n) is 4.14. The molecule has 2 aliphatic rings. The summed E-state index contributed by atoms with van der Waals surface area (Å²) in [6.07, 6.45) is 1.69. The minimum Gasteiger partial charge on any atom is -0.282 e. The first-order chi connectivity index (χ1) is 12.5. The predicted molar refractivity (Wildman–Crippen MR) is 106 cm³/mol. The molecule has 0 saturated carbocycles. The van der Waals surface area contributed by atoms with E-state index in [1.165, 1.54) is 22.3 Å². The quantitative estimate of drug-likeness (QED) is 0.824. The van der Waals surface area contributed by atoms with Crippen molar-refractivity contribution < 1.29 is 4.79 Å². The van der Waals surface area contributed by atoms with E-state index in [1.807, 2.05) is 62.4 Å². The van der Waals surface area contributed by atoms with E-state index < -0.39 is 5.91 Å². The maximum Gasteiger partial charge on any atom is 0.283 e.